The summed E-state index contributed by atoms with van der Waals surface area (Å²) in [7, 11) is -3.69. The van der Waals surface area contributed by atoms with Crippen molar-refractivity contribution in [1.82, 2.24) is 28.9 Å². The number of halogens is 5. The lowest BCUT2D eigenvalue weighted by atomic mass is 10.2. The Bertz CT molecular complexity index is 2140. The molecule has 42 heavy (non-hydrogen) atoms. The second-order valence-corrected chi connectivity index (χ2v) is 14.1. The summed E-state index contributed by atoms with van der Waals surface area (Å²) in [5.41, 5.74) is 3.03. The topological polar surface area (TPSA) is 109 Å². The van der Waals surface area contributed by atoms with Crippen molar-refractivity contribution in [3.63, 3.8) is 0 Å². The fraction of sp³-hybridized carbons (Fsp3) is 0.0357. The number of hydrogen-bond donors (Lipinski definition) is 2. The molecule has 214 valence electrons. The zero-order chi connectivity index (χ0) is 30.0. The van der Waals surface area contributed by atoms with Crippen LogP contribution in [0.5, 0.6) is 0 Å². The minimum atomic E-state index is -3.69. The fourth-order valence-electron chi connectivity index (χ4n) is 3.96. The average molecular weight is 864 g/mol. The number of fused-ring (bicyclic) bond motifs is 3. The van der Waals surface area contributed by atoms with Gasteiger partial charge in [-0.15, -0.1) is 0 Å². The molecule has 0 bridgehead atoms. The van der Waals surface area contributed by atoms with E-state index in [0.717, 1.165) is 44.8 Å². The lowest BCUT2D eigenvalue weighted by Crippen LogP contribution is -2.12. The van der Waals surface area contributed by atoms with Gasteiger partial charge in [0.05, 0.1) is 30.7 Å². The molecule has 0 fully saturated rings. The van der Waals surface area contributed by atoms with E-state index in [0.29, 0.717) is 16.1 Å². The van der Waals surface area contributed by atoms with E-state index in [2.05, 4.69) is 70.1 Å². The summed E-state index contributed by atoms with van der Waals surface area (Å²) >= 11 is 22.2. The second-order valence-electron chi connectivity index (χ2n) is 8.77. The molecule has 0 amide bonds. The average Bonchev–Trinajstić information content (AvgIpc) is 3.69. The largest absolute Gasteiger partial charge is 0.346 e. The zero-order valence-corrected chi connectivity index (χ0v) is 28.9. The van der Waals surface area contributed by atoms with Crippen molar-refractivity contribution in [2.75, 3.05) is 0 Å². The van der Waals surface area contributed by atoms with E-state index < -0.39 is 10.0 Å². The molecule has 7 rings (SSSR count). The summed E-state index contributed by atoms with van der Waals surface area (Å²) in [6, 6.07) is 13.8. The van der Waals surface area contributed by atoms with Crippen molar-refractivity contribution in [2.45, 2.75) is 11.8 Å². The number of pyridine rings is 3. The third-order valence-corrected chi connectivity index (χ3v) is 10.3. The number of hydrogen-bond acceptors (Lipinski definition) is 5. The van der Waals surface area contributed by atoms with E-state index in [4.69, 9.17) is 34.8 Å². The number of aromatic nitrogens is 6. The maximum atomic E-state index is 12.8. The Morgan fingerprint density at radius 3 is 2.02 bits per heavy atom. The molecule has 0 aliphatic rings. The number of aryl methyl sites for hydroxylation is 1. The highest BCUT2D eigenvalue weighted by molar-refractivity contribution is 14.1. The number of benzene rings is 1. The van der Waals surface area contributed by atoms with Crippen molar-refractivity contribution in [1.29, 1.82) is 0 Å². The van der Waals surface area contributed by atoms with Crippen LogP contribution in [0.15, 0.2) is 90.6 Å². The lowest BCUT2D eigenvalue weighted by molar-refractivity contribution is 0.588. The van der Waals surface area contributed by atoms with Crippen LogP contribution in [0.25, 0.3) is 33.1 Å². The molecule has 0 atom stereocenters. The molecule has 7 aromatic rings. The van der Waals surface area contributed by atoms with Crippen LogP contribution in [0.1, 0.15) is 5.56 Å². The van der Waals surface area contributed by atoms with Crippen LogP contribution in [0.2, 0.25) is 15.1 Å². The first-order valence-electron chi connectivity index (χ1n) is 12.1. The van der Waals surface area contributed by atoms with Crippen molar-refractivity contribution < 1.29 is 8.42 Å². The molecule has 0 aliphatic heterocycles. The SMILES string of the molecule is Cc1ccc(S(=O)(=O)n2cc(I)c3c(Cl)ccnc32)cc1.Clc1ccnc2[nH]cc(I)c12.Clc1ccnc2[nH]ccc12. The molecular formula is C28H19Cl3I2N6O2S. The molecule has 6 aromatic heterocycles. The maximum absolute atomic E-state index is 12.8. The Labute approximate surface area is 283 Å². The van der Waals surface area contributed by atoms with Crippen LogP contribution in [0.4, 0.5) is 0 Å². The number of nitrogens with zero attached hydrogens (tertiary/aromatic N) is 4. The van der Waals surface area contributed by atoms with Crippen molar-refractivity contribution >= 4 is 123 Å². The Balaban J connectivity index is 0.000000140. The van der Waals surface area contributed by atoms with Gasteiger partial charge in [0, 0.05) is 49.7 Å². The third-order valence-electron chi connectivity index (χ3n) is 6.02. The van der Waals surface area contributed by atoms with Crippen LogP contribution in [-0.4, -0.2) is 37.3 Å². The van der Waals surface area contributed by atoms with Crippen LogP contribution in [-0.2, 0) is 10.0 Å². The second kappa shape index (κ2) is 13.1. The van der Waals surface area contributed by atoms with E-state index >= 15 is 0 Å². The van der Waals surface area contributed by atoms with Crippen LogP contribution < -0.4 is 0 Å². The van der Waals surface area contributed by atoms with E-state index in [1.807, 2.05) is 25.4 Å². The van der Waals surface area contributed by atoms with Gasteiger partial charge in [-0.05, 0) is 88.5 Å². The van der Waals surface area contributed by atoms with Crippen molar-refractivity contribution in [2.24, 2.45) is 0 Å². The Hall–Kier alpha value is -2.43. The van der Waals surface area contributed by atoms with Gasteiger partial charge in [-0.2, -0.15) is 0 Å². The molecular weight excluding hydrogens is 845 g/mol. The van der Waals surface area contributed by atoms with Gasteiger partial charge in [0.1, 0.15) is 11.3 Å². The van der Waals surface area contributed by atoms with Crippen molar-refractivity contribution in [3.05, 3.63) is 113 Å². The summed E-state index contributed by atoms with van der Waals surface area (Å²) in [4.78, 5) is 18.6. The summed E-state index contributed by atoms with van der Waals surface area (Å²) in [6.07, 6.45) is 10.1. The predicted octanol–water partition coefficient (Wildman–Crippen LogP) is 8.88. The van der Waals surface area contributed by atoms with Gasteiger partial charge >= 0.3 is 0 Å². The molecule has 0 radical (unpaired) electrons. The maximum Gasteiger partial charge on any atom is 0.269 e. The van der Waals surface area contributed by atoms with Crippen LogP contribution in [0, 0.1) is 14.1 Å². The molecule has 1 aromatic carbocycles. The molecule has 0 aliphatic carbocycles. The monoisotopic (exact) mass is 862 g/mol. The van der Waals surface area contributed by atoms with E-state index in [9.17, 15) is 8.42 Å². The molecule has 14 heteroatoms. The van der Waals surface area contributed by atoms with E-state index in [-0.39, 0.29) is 4.90 Å². The molecule has 6 heterocycles. The molecule has 8 nitrogen and oxygen atoms in total. The highest BCUT2D eigenvalue weighted by Crippen LogP contribution is 2.31. The predicted molar refractivity (Wildman–Crippen MR) is 186 cm³/mol. The quantitative estimate of drug-likeness (QED) is 0.169. The number of rotatable bonds is 2. The Morgan fingerprint density at radius 1 is 0.738 bits per heavy atom. The molecule has 0 unspecified atom stereocenters. The normalized spacial score (nSPS) is 11.3. The van der Waals surface area contributed by atoms with E-state index in [1.165, 1.54) is 10.2 Å². The zero-order valence-electron chi connectivity index (χ0n) is 21.5. The van der Waals surface area contributed by atoms with Gasteiger partial charge in [0.15, 0.2) is 5.65 Å². The molecule has 0 saturated heterocycles. The van der Waals surface area contributed by atoms with Gasteiger partial charge in [0.2, 0.25) is 0 Å². The lowest BCUT2D eigenvalue weighted by Gasteiger charge is -2.07. The highest BCUT2D eigenvalue weighted by atomic mass is 127. The Kier molecular flexibility index (Phi) is 9.64. The minimum absolute atomic E-state index is 0.225. The van der Waals surface area contributed by atoms with Gasteiger partial charge in [-0.3, -0.25) is 0 Å². The van der Waals surface area contributed by atoms with Gasteiger partial charge < -0.3 is 9.97 Å². The first-order valence-corrected chi connectivity index (χ1v) is 16.8. The smallest absolute Gasteiger partial charge is 0.269 e. The molecule has 2 N–H and O–H groups in total. The van der Waals surface area contributed by atoms with Gasteiger partial charge in [0.25, 0.3) is 10.0 Å². The summed E-state index contributed by atoms with van der Waals surface area (Å²) < 4.78 is 28.6. The van der Waals surface area contributed by atoms with Crippen LogP contribution in [0.3, 0.4) is 0 Å². The summed E-state index contributed by atoms with van der Waals surface area (Å²) in [5, 5.41) is 4.61. The number of aromatic amines is 2. The van der Waals surface area contributed by atoms with E-state index in [1.54, 1.807) is 61.1 Å². The first kappa shape index (κ1) is 31.0. The van der Waals surface area contributed by atoms with Gasteiger partial charge in [-0.1, -0.05) is 52.5 Å². The molecule has 0 spiro atoms. The fourth-order valence-corrected chi connectivity index (χ4v) is 7.99. The summed E-state index contributed by atoms with van der Waals surface area (Å²) in [6.45, 7) is 1.91. The van der Waals surface area contributed by atoms with Gasteiger partial charge in [-0.25, -0.2) is 27.3 Å². The summed E-state index contributed by atoms with van der Waals surface area (Å²) in [5.74, 6) is 0. The first-order chi connectivity index (χ1) is 20.1. The van der Waals surface area contributed by atoms with Crippen LogP contribution >= 0.6 is 80.0 Å². The Morgan fingerprint density at radius 2 is 1.36 bits per heavy atom. The standard InChI is InChI=1S/C14H10ClIN2O2S.C7H4ClIN2.C7H5ClN2/c1-9-2-4-10(5-3-9)21(19,20)18-8-12(16)13-11(15)6-7-17-14(13)18;8-4-1-2-10-7-6(4)5(9)3-11-7;8-6-2-4-10-7-5(6)1-3-9-7/h2-8H,1H3;1-3H,(H,10,11);1-4H,(H,9,10). The number of H-pyrrole nitrogens is 2. The third kappa shape index (κ3) is 6.40. The van der Waals surface area contributed by atoms with Crippen molar-refractivity contribution in [3.8, 4) is 0 Å². The molecule has 0 saturated carbocycles. The highest BCUT2D eigenvalue weighted by Gasteiger charge is 2.22. The minimum Gasteiger partial charge on any atom is -0.346 e. The number of nitrogens with one attached hydrogen (secondary N) is 2.